The van der Waals surface area contributed by atoms with Gasteiger partial charge in [-0.3, -0.25) is 9.36 Å². The van der Waals surface area contributed by atoms with Crippen molar-refractivity contribution in [2.45, 2.75) is 38.9 Å². The molecule has 0 saturated carbocycles. The van der Waals surface area contributed by atoms with Crippen molar-refractivity contribution in [3.63, 3.8) is 0 Å². The fourth-order valence-corrected chi connectivity index (χ4v) is 3.56. The fraction of sp³-hybridized carbons (Fsp3) is 0.261. The third-order valence-corrected chi connectivity index (χ3v) is 5.11. The van der Waals surface area contributed by atoms with E-state index in [0.717, 1.165) is 16.7 Å². The summed E-state index contributed by atoms with van der Waals surface area (Å²) in [5.74, 6) is -2.09. The first kappa shape index (κ1) is 26.1. The summed E-state index contributed by atoms with van der Waals surface area (Å²) in [4.78, 5) is 25.3. The Morgan fingerprint density at radius 2 is 2.00 bits per heavy atom. The van der Waals surface area contributed by atoms with Gasteiger partial charge in [0, 0.05) is 5.70 Å². The van der Waals surface area contributed by atoms with Crippen molar-refractivity contribution in [2.24, 2.45) is 0 Å². The summed E-state index contributed by atoms with van der Waals surface area (Å²) in [6.07, 6.45) is -1.17. The second-order valence-corrected chi connectivity index (χ2v) is 7.63. The first-order valence-electron chi connectivity index (χ1n) is 10.7. The maximum atomic E-state index is 13.9. The van der Waals surface area contributed by atoms with Crippen LogP contribution in [0.15, 0.2) is 41.2 Å². The Balaban J connectivity index is 2.38. The fourth-order valence-electron chi connectivity index (χ4n) is 3.56. The molecule has 36 heavy (non-hydrogen) atoms. The van der Waals surface area contributed by atoms with Crippen LogP contribution in [0, 0.1) is 17.1 Å². The molecule has 0 radical (unpaired) electrons. The number of aromatic nitrogens is 4. The van der Waals surface area contributed by atoms with Gasteiger partial charge in [0.05, 0.1) is 23.4 Å². The van der Waals surface area contributed by atoms with Crippen molar-refractivity contribution >= 4 is 34.2 Å². The summed E-state index contributed by atoms with van der Waals surface area (Å²) < 4.78 is 56.2. The van der Waals surface area contributed by atoms with E-state index >= 15 is 0 Å². The molecule has 0 aliphatic rings. The summed E-state index contributed by atoms with van der Waals surface area (Å²) in [6.45, 7) is 3.43. The van der Waals surface area contributed by atoms with E-state index in [-0.39, 0.29) is 46.3 Å². The van der Waals surface area contributed by atoms with Crippen LogP contribution >= 0.6 is 0 Å². The molecule has 0 saturated heterocycles. The number of nitrogen functional groups attached to an aromatic ring is 2. The zero-order valence-electron chi connectivity index (χ0n) is 19.3. The van der Waals surface area contributed by atoms with Crippen LogP contribution in [0.4, 0.5) is 35.1 Å². The monoisotopic (exact) mass is 502 g/mol. The number of rotatable bonds is 7. The van der Waals surface area contributed by atoms with E-state index in [4.69, 9.17) is 11.5 Å². The number of fused-ring (bicyclic) bond motifs is 1. The van der Waals surface area contributed by atoms with Gasteiger partial charge in [0.1, 0.15) is 29.1 Å². The average molecular weight is 502 g/mol. The molecule has 1 aromatic carbocycles. The predicted molar refractivity (Wildman–Crippen MR) is 128 cm³/mol. The molecule has 0 fully saturated rings. The minimum atomic E-state index is -4.73. The molecular weight excluding hydrogens is 480 g/mol. The lowest BCUT2D eigenvalue weighted by molar-refractivity contribution is -0.137. The predicted octanol–water partition coefficient (Wildman–Crippen LogP) is 4.29. The van der Waals surface area contributed by atoms with Crippen LogP contribution < -0.4 is 22.3 Å². The number of nitrogens with two attached hydrogens (primary N) is 2. The highest BCUT2D eigenvalue weighted by molar-refractivity contribution is 5.78. The van der Waals surface area contributed by atoms with E-state index in [1.807, 2.05) is 0 Å². The van der Waals surface area contributed by atoms with Crippen LogP contribution in [0.2, 0.25) is 0 Å². The molecule has 5 N–H and O–H groups in total. The Hall–Kier alpha value is -4.47. The topological polar surface area (TPSA) is 149 Å². The van der Waals surface area contributed by atoms with Gasteiger partial charge < -0.3 is 16.8 Å². The van der Waals surface area contributed by atoms with Gasteiger partial charge in [-0.15, -0.1) is 0 Å². The van der Waals surface area contributed by atoms with E-state index in [1.54, 1.807) is 38.1 Å². The van der Waals surface area contributed by atoms with Gasteiger partial charge in [0.25, 0.3) is 5.56 Å². The SMILES string of the molecule is C/C=C\C=C(/CC)n1c(C(CC(F)(F)F)Nc2nc(N)nc(N)c2C#N)nc2ccc(F)cc2c1=O. The Kier molecular flexibility index (Phi) is 7.57. The van der Waals surface area contributed by atoms with Crippen LogP contribution in [0.1, 0.15) is 44.1 Å². The molecule has 2 heterocycles. The third kappa shape index (κ3) is 5.60. The number of alkyl halides is 3. The van der Waals surface area contributed by atoms with Crippen molar-refractivity contribution in [1.82, 2.24) is 19.5 Å². The third-order valence-electron chi connectivity index (χ3n) is 5.11. The Morgan fingerprint density at radius 1 is 1.28 bits per heavy atom. The van der Waals surface area contributed by atoms with E-state index in [2.05, 4.69) is 20.3 Å². The number of halogens is 4. The quantitative estimate of drug-likeness (QED) is 0.320. The molecule has 13 heteroatoms. The van der Waals surface area contributed by atoms with E-state index < -0.39 is 30.0 Å². The number of hydrogen-bond acceptors (Lipinski definition) is 8. The van der Waals surface area contributed by atoms with Gasteiger partial charge in [0.2, 0.25) is 5.95 Å². The Labute approximate surface area is 202 Å². The summed E-state index contributed by atoms with van der Waals surface area (Å²) in [5.41, 5.74) is 10.5. The zero-order chi connectivity index (χ0) is 26.6. The number of nitrogens with one attached hydrogen (secondary N) is 1. The van der Waals surface area contributed by atoms with Crippen molar-refractivity contribution in [2.75, 3.05) is 16.8 Å². The number of allylic oxidation sites excluding steroid dienone is 4. The van der Waals surface area contributed by atoms with Crippen molar-refractivity contribution in [3.05, 3.63) is 64.0 Å². The highest BCUT2D eigenvalue weighted by atomic mass is 19.4. The van der Waals surface area contributed by atoms with Crippen molar-refractivity contribution in [3.8, 4) is 6.07 Å². The minimum Gasteiger partial charge on any atom is -0.382 e. The number of nitrogens with zero attached hydrogens (tertiary/aromatic N) is 5. The maximum absolute atomic E-state index is 13.9. The molecule has 1 atom stereocenters. The van der Waals surface area contributed by atoms with E-state index in [9.17, 15) is 27.6 Å². The summed E-state index contributed by atoms with van der Waals surface area (Å²) >= 11 is 0. The average Bonchev–Trinajstić information content (AvgIpc) is 2.79. The van der Waals surface area contributed by atoms with Crippen LogP contribution in [0.25, 0.3) is 16.6 Å². The number of benzene rings is 1. The first-order valence-corrected chi connectivity index (χ1v) is 10.7. The Morgan fingerprint density at radius 3 is 2.61 bits per heavy atom. The van der Waals surface area contributed by atoms with Gasteiger partial charge in [-0.05, 0) is 37.6 Å². The molecule has 2 aromatic heterocycles. The molecule has 188 valence electrons. The van der Waals surface area contributed by atoms with Crippen LogP contribution in [-0.4, -0.2) is 25.7 Å². The zero-order valence-corrected chi connectivity index (χ0v) is 19.3. The molecular formula is C23H22F4N8O. The maximum Gasteiger partial charge on any atom is 0.391 e. The molecule has 0 aliphatic carbocycles. The molecule has 0 bridgehead atoms. The summed E-state index contributed by atoms with van der Waals surface area (Å²) in [5, 5.41) is 11.9. The molecule has 0 amide bonds. The number of hydrogen-bond donors (Lipinski definition) is 3. The van der Waals surface area contributed by atoms with Gasteiger partial charge in [-0.1, -0.05) is 19.1 Å². The standard InChI is InChI=1S/C23H22F4N8O/c1-3-5-6-13(4-2)35-20(32-16-8-7-12(24)9-14(16)21(35)36)17(10-23(25,26)27)31-19-15(11-28)18(29)33-22(30)34-19/h3,5-9,17H,4,10H2,1-2H3,(H5,29,30,31,33,34)/b5-3-,13-6+. The highest BCUT2D eigenvalue weighted by Gasteiger charge is 2.36. The molecule has 3 rings (SSSR count). The van der Waals surface area contributed by atoms with Gasteiger partial charge >= 0.3 is 6.18 Å². The second-order valence-electron chi connectivity index (χ2n) is 7.63. The van der Waals surface area contributed by atoms with Crippen LogP contribution in [0.3, 0.4) is 0 Å². The van der Waals surface area contributed by atoms with E-state index in [1.165, 1.54) is 6.07 Å². The Bertz CT molecular complexity index is 1450. The lowest BCUT2D eigenvalue weighted by Gasteiger charge is -2.25. The van der Waals surface area contributed by atoms with E-state index in [0.29, 0.717) is 5.70 Å². The lowest BCUT2D eigenvalue weighted by Crippen LogP contribution is -2.31. The largest absolute Gasteiger partial charge is 0.391 e. The van der Waals surface area contributed by atoms with Crippen molar-refractivity contribution in [1.29, 1.82) is 5.26 Å². The lowest BCUT2D eigenvalue weighted by atomic mass is 10.1. The second kappa shape index (κ2) is 10.4. The van der Waals surface area contributed by atoms with Gasteiger partial charge in [-0.2, -0.15) is 28.4 Å². The molecule has 3 aromatic rings. The highest BCUT2D eigenvalue weighted by Crippen LogP contribution is 2.34. The minimum absolute atomic E-state index is 0.00895. The summed E-state index contributed by atoms with van der Waals surface area (Å²) in [7, 11) is 0. The van der Waals surface area contributed by atoms with Gasteiger partial charge in [0.15, 0.2) is 5.82 Å². The molecule has 9 nitrogen and oxygen atoms in total. The summed E-state index contributed by atoms with van der Waals surface area (Å²) in [6, 6.07) is 3.24. The number of anilines is 3. The number of nitriles is 1. The van der Waals surface area contributed by atoms with Crippen LogP contribution in [-0.2, 0) is 0 Å². The normalized spacial score (nSPS) is 13.2. The van der Waals surface area contributed by atoms with Crippen LogP contribution in [0.5, 0.6) is 0 Å². The first-order chi connectivity index (χ1) is 17.0. The molecule has 0 aliphatic heterocycles. The van der Waals surface area contributed by atoms with Crippen molar-refractivity contribution < 1.29 is 17.6 Å². The van der Waals surface area contributed by atoms with Gasteiger partial charge in [-0.25, -0.2) is 9.37 Å². The smallest absolute Gasteiger partial charge is 0.382 e. The molecule has 0 spiro atoms. The molecule has 1 unspecified atom stereocenters.